The topological polar surface area (TPSA) is 20.2 Å². The maximum atomic E-state index is 11.0. The Labute approximate surface area is 126 Å². The summed E-state index contributed by atoms with van der Waals surface area (Å²) in [6, 6.07) is 2.18. The Morgan fingerprint density at radius 1 is 1.20 bits per heavy atom. The van der Waals surface area contributed by atoms with Crippen molar-refractivity contribution in [1.82, 2.24) is 0 Å². The fourth-order valence-corrected chi connectivity index (χ4v) is 7.44. The van der Waals surface area contributed by atoms with E-state index >= 15 is 0 Å². The summed E-state index contributed by atoms with van der Waals surface area (Å²) in [6.45, 7) is 4.98. The molecule has 0 saturated heterocycles. The van der Waals surface area contributed by atoms with E-state index in [1.54, 1.807) is 11.3 Å². The lowest BCUT2D eigenvalue weighted by Crippen LogP contribution is -2.59. The molecule has 110 valence electrons. The lowest BCUT2D eigenvalue weighted by atomic mass is 9.39. The number of hydrogen-bond donors (Lipinski definition) is 1. The average Bonchev–Trinajstić information content (AvgIpc) is 2.76. The summed E-state index contributed by atoms with van der Waals surface area (Å²) < 4.78 is 0. The summed E-state index contributed by atoms with van der Waals surface area (Å²) in [5.74, 6) is 0.873. The molecule has 1 nitrogen and oxygen atoms in total. The first-order valence-corrected chi connectivity index (χ1v) is 9.04. The molecule has 20 heavy (non-hydrogen) atoms. The van der Waals surface area contributed by atoms with E-state index in [9.17, 15) is 5.11 Å². The van der Waals surface area contributed by atoms with E-state index in [1.165, 1.54) is 44.1 Å². The van der Waals surface area contributed by atoms with Crippen LogP contribution in [0.3, 0.4) is 0 Å². The van der Waals surface area contributed by atoms with Gasteiger partial charge in [0.05, 0.1) is 6.10 Å². The molecule has 1 aromatic heterocycles. The standard InChI is InChI=1S/C18H26OS/c1-16-6-14-7-17(2,10-16)12-18(8-14,11-16)15(19)5-13-3-4-20-9-13/h3-4,9,14-15,19H,5-8,10-12H2,1-2H3. The minimum absolute atomic E-state index is 0.140. The first-order valence-electron chi connectivity index (χ1n) is 8.10. The van der Waals surface area contributed by atoms with Crippen molar-refractivity contribution < 1.29 is 5.11 Å². The van der Waals surface area contributed by atoms with E-state index in [0.717, 1.165) is 12.3 Å². The zero-order valence-electron chi connectivity index (χ0n) is 12.7. The smallest absolute Gasteiger partial charge is 0.0637 e. The fraction of sp³-hybridized carbons (Fsp3) is 0.778. The van der Waals surface area contributed by atoms with Gasteiger partial charge in [-0.1, -0.05) is 13.8 Å². The third kappa shape index (κ3) is 1.99. The van der Waals surface area contributed by atoms with E-state index < -0.39 is 0 Å². The molecule has 4 bridgehead atoms. The molecule has 4 aliphatic rings. The molecule has 0 spiro atoms. The van der Waals surface area contributed by atoms with E-state index in [0.29, 0.717) is 10.8 Å². The molecule has 4 saturated carbocycles. The maximum Gasteiger partial charge on any atom is 0.0637 e. The molecule has 4 aliphatic carbocycles. The molecule has 1 heterocycles. The number of aliphatic hydroxyl groups is 1. The van der Waals surface area contributed by atoms with Crippen LogP contribution in [0, 0.1) is 22.2 Å². The van der Waals surface area contributed by atoms with Crippen molar-refractivity contribution in [2.45, 2.75) is 64.9 Å². The average molecular weight is 290 g/mol. The van der Waals surface area contributed by atoms with Gasteiger partial charge in [-0.05, 0) is 89.5 Å². The summed E-state index contributed by atoms with van der Waals surface area (Å²) in [5, 5.41) is 15.4. The van der Waals surface area contributed by atoms with Gasteiger partial charge in [0.15, 0.2) is 0 Å². The third-order valence-electron chi connectivity index (χ3n) is 6.39. The van der Waals surface area contributed by atoms with Gasteiger partial charge in [0.1, 0.15) is 0 Å². The number of aliphatic hydroxyl groups excluding tert-OH is 1. The highest BCUT2D eigenvalue weighted by molar-refractivity contribution is 7.07. The van der Waals surface area contributed by atoms with Crippen LogP contribution in [0.2, 0.25) is 0 Å². The molecule has 1 aromatic rings. The highest BCUT2D eigenvalue weighted by Gasteiger charge is 2.61. The van der Waals surface area contributed by atoms with Crippen molar-refractivity contribution in [2.75, 3.05) is 0 Å². The monoisotopic (exact) mass is 290 g/mol. The lowest BCUT2D eigenvalue weighted by Gasteiger charge is -2.66. The van der Waals surface area contributed by atoms with Crippen molar-refractivity contribution in [3.63, 3.8) is 0 Å². The predicted molar refractivity (Wildman–Crippen MR) is 83.9 cm³/mol. The molecule has 4 fully saturated rings. The zero-order valence-corrected chi connectivity index (χ0v) is 13.5. The maximum absolute atomic E-state index is 11.0. The summed E-state index contributed by atoms with van der Waals surface area (Å²) >= 11 is 1.75. The molecular formula is C18H26OS. The highest BCUT2D eigenvalue weighted by Crippen LogP contribution is 2.70. The van der Waals surface area contributed by atoms with Gasteiger partial charge in [0.2, 0.25) is 0 Å². The fourth-order valence-electron chi connectivity index (χ4n) is 6.76. The second-order valence-electron chi connectivity index (χ2n) is 8.84. The number of thiophene rings is 1. The van der Waals surface area contributed by atoms with Gasteiger partial charge in [0.25, 0.3) is 0 Å². The lowest BCUT2D eigenvalue weighted by molar-refractivity contribution is -0.184. The SMILES string of the molecule is CC12CC3CC(C)(C1)CC(C(O)Cc1ccsc1)(C3)C2. The highest BCUT2D eigenvalue weighted by atomic mass is 32.1. The molecular weight excluding hydrogens is 264 g/mol. The summed E-state index contributed by atoms with van der Waals surface area (Å²) in [7, 11) is 0. The molecule has 0 radical (unpaired) electrons. The minimum Gasteiger partial charge on any atom is -0.392 e. The molecule has 3 unspecified atom stereocenters. The third-order valence-corrected chi connectivity index (χ3v) is 7.12. The summed E-state index contributed by atoms with van der Waals surface area (Å²) in [4.78, 5) is 0. The Morgan fingerprint density at radius 3 is 2.45 bits per heavy atom. The first-order chi connectivity index (χ1) is 9.41. The van der Waals surface area contributed by atoms with Gasteiger partial charge in [0, 0.05) is 0 Å². The van der Waals surface area contributed by atoms with Crippen LogP contribution in [-0.4, -0.2) is 11.2 Å². The normalized spacial score (nSPS) is 47.6. The Balaban J connectivity index is 1.63. The Bertz CT molecular complexity index is 487. The second kappa shape index (κ2) is 4.10. The van der Waals surface area contributed by atoms with Crippen LogP contribution >= 0.6 is 11.3 Å². The van der Waals surface area contributed by atoms with E-state index in [-0.39, 0.29) is 11.5 Å². The van der Waals surface area contributed by atoms with Crippen LogP contribution in [-0.2, 0) is 6.42 Å². The van der Waals surface area contributed by atoms with E-state index in [2.05, 4.69) is 30.7 Å². The summed E-state index contributed by atoms with van der Waals surface area (Å²) in [6.07, 6.45) is 8.74. The molecule has 0 aromatic carbocycles. The van der Waals surface area contributed by atoms with Crippen molar-refractivity contribution in [2.24, 2.45) is 22.2 Å². The van der Waals surface area contributed by atoms with Gasteiger partial charge in [-0.2, -0.15) is 11.3 Å². The van der Waals surface area contributed by atoms with Gasteiger partial charge >= 0.3 is 0 Å². The van der Waals surface area contributed by atoms with E-state index in [4.69, 9.17) is 0 Å². The molecule has 2 heteroatoms. The first kappa shape index (κ1) is 13.3. The molecule has 0 amide bonds. The van der Waals surface area contributed by atoms with Crippen LogP contribution in [0.1, 0.15) is 57.9 Å². The predicted octanol–water partition coefficient (Wildman–Crippen LogP) is 4.65. The molecule has 3 atom stereocenters. The van der Waals surface area contributed by atoms with Crippen molar-refractivity contribution in [3.8, 4) is 0 Å². The second-order valence-corrected chi connectivity index (χ2v) is 9.62. The Morgan fingerprint density at radius 2 is 1.90 bits per heavy atom. The van der Waals surface area contributed by atoms with Crippen LogP contribution in [0.25, 0.3) is 0 Å². The summed E-state index contributed by atoms with van der Waals surface area (Å²) in [5.41, 5.74) is 2.55. The van der Waals surface area contributed by atoms with Crippen molar-refractivity contribution in [1.29, 1.82) is 0 Å². The van der Waals surface area contributed by atoms with Gasteiger partial charge in [-0.25, -0.2) is 0 Å². The van der Waals surface area contributed by atoms with Gasteiger partial charge < -0.3 is 5.11 Å². The zero-order chi connectivity index (χ0) is 14.0. The molecule has 0 aliphatic heterocycles. The van der Waals surface area contributed by atoms with E-state index in [1.807, 2.05) is 0 Å². The number of hydrogen-bond acceptors (Lipinski definition) is 2. The molecule has 1 N–H and O–H groups in total. The number of rotatable bonds is 3. The van der Waals surface area contributed by atoms with Crippen LogP contribution in [0.5, 0.6) is 0 Å². The van der Waals surface area contributed by atoms with Crippen LogP contribution < -0.4 is 0 Å². The Kier molecular flexibility index (Phi) is 2.74. The largest absolute Gasteiger partial charge is 0.392 e. The van der Waals surface area contributed by atoms with Gasteiger partial charge in [-0.3, -0.25) is 0 Å². The van der Waals surface area contributed by atoms with Crippen LogP contribution in [0.4, 0.5) is 0 Å². The quantitative estimate of drug-likeness (QED) is 0.859. The molecule has 5 rings (SSSR count). The van der Waals surface area contributed by atoms with Crippen LogP contribution in [0.15, 0.2) is 16.8 Å². The Hall–Kier alpha value is -0.340. The van der Waals surface area contributed by atoms with Gasteiger partial charge in [-0.15, -0.1) is 0 Å². The minimum atomic E-state index is -0.140. The van der Waals surface area contributed by atoms with Crippen molar-refractivity contribution >= 4 is 11.3 Å². The van der Waals surface area contributed by atoms with Crippen molar-refractivity contribution in [3.05, 3.63) is 22.4 Å².